The Morgan fingerprint density at radius 2 is 2.37 bits per heavy atom. The molecule has 2 aromatic rings. The number of nitrogens with one attached hydrogen (secondary N) is 2. The molecule has 1 heterocycles. The number of aromatic amines is 1. The molecule has 2 rings (SSSR count). The zero-order chi connectivity index (χ0) is 13.7. The molecular weight excluding hydrogens is 263 g/mol. The van der Waals surface area contributed by atoms with Crippen LogP contribution in [0.25, 0.3) is 10.9 Å². The summed E-state index contributed by atoms with van der Waals surface area (Å²) >= 11 is 1.71. The van der Waals surface area contributed by atoms with Crippen LogP contribution in [0, 0.1) is 5.82 Å². The molecule has 0 aliphatic rings. The SMILES string of the molecule is C=CCSCCNC(=O)c1c[nH]c2cc(F)ccc12. The molecule has 0 atom stereocenters. The fraction of sp³-hybridized carbons (Fsp3) is 0.214. The first-order valence-corrected chi connectivity index (χ1v) is 7.11. The van der Waals surface area contributed by atoms with Crippen molar-refractivity contribution in [3.05, 3.63) is 48.4 Å². The highest BCUT2D eigenvalue weighted by molar-refractivity contribution is 7.99. The lowest BCUT2D eigenvalue weighted by Crippen LogP contribution is -2.25. The van der Waals surface area contributed by atoms with Gasteiger partial charge >= 0.3 is 0 Å². The van der Waals surface area contributed by atoms with E-state index in [-0.39, 0.29) is 11.7 Å². The molecule has 0 bridgehead atoms. The van der Waals surface area contributed by atoms with Crippen LogP contribution in [0.4, 0.5) is 4.39 Å². The number of carbonyl (C=O) groups excluding carboxylic acids is 1. The van der Waals surface area contributed by atoms with Gasteiger partial charge in [-0.15, -0.1) is 6.58 Å². The molecular formula is C14H15FN2OS. The van der Waals surface area contributed by atoms with Gasteiger partial charge < -0.3 is 10.3 Å². The number of benzene rings is 1. The molecule has 0 saturated carbocycles. The van der Waals surface area contributed by atoms with Gasteiger partial charge in [0.25, 0.3) is 5.91 Å². The molecule has 0 aliphatic carbocycles. The van der Waals surface area contributed by atoms with E-state index in [1.165, 1.54) is 12.1 Å². The Kier molecular flexibility index (Phi) is 4.63. The summed E-state index contributed by atoms with van der Waals surface area (Å²) in [6.45, 7) is 4.23. The topological polar surface area (TPSA) is 44.9 Å². The van der Waals surface area contributed by atoms with Crippen molar-refractivity contribution < 1.29 is 9.18 Å². The second kappa shape index (κ2) is 6.43. The predicted molar refractivity (Wildman–Crippen MR) is 78.1 cm³/mol. The van der Waals surface area contributed by atoms with Gasteiger partial charge in [-0.25, -0.2) is 4.39 Å². The number of carbonyl (C=O) groups is 1. The maximum atomic E-state index is 13.0. The Bertz CT molecular complexity index is 594. The summed E-state index contributed by atoms with van der Waals surface area (Å²) in [5.74, 6) is 1.26. The number of hydrogen-bond acceptors (Lipinski definition) is 2. The molecule has 0 aliphatic heterocycles. The summed E-state index contributed by atoms with van der Waals surface area (Å²) in [4.78, 5) is 14.9. The quantitative estimate of drug-likeness (QED) is 0.630. The van der Waals surface area contributed by atoms with Crippen LogP contribution in [0.15, 0.2) is 37.1 Å². The predicted octanol–water partition coefficient (Wildman–Crippen LogP) is 2.96. The molecule has 3 nitrogen and oxygen atoms in total. The summed E-state index contributed by atoms with van der Waals surface area (Å²) in [5.41, 5.74) is 1.18. The van der Waals surface area contributed by atoms with E-state index in [0.29, 0.717) is 17.6 Å². The minimum atomic E-state index is -0.317. The van der Waals surface area contributed by atoms with Gasteiger partial charge in [0, 0.05) is 35.2 Å². The Hall–Kier alpha value is -1.75. The smallest absolute Gasteiger partial charge is 0.253 e. The molecule has 100 valence electrons. The van der Waals surface area contributed by atoms with Crippen molar-refractivity contribution in [1.29, 1.82) is 0 Å². The van der Waals surface area contributed by atoms with Gasteiger partial charge in [0.15, 0.2) is 0 Å². The number of fused-ring (bicyclic) bond motifs is 1. The van der Waals surface area contributed by atoms with Crippen molar-refractivity contribution in [3.63, 3.8) is 0 Å². The summed E-state index contributed by atoms with van der Waals surface area (Å²) in [7, 11) is 0. The van der Waals surface area contributed by atoms with Crippen molar-refractivity contribution in [2.45, 2.75) is 0 Å². The van der Waals surface area contributed by atoms with Crippen molar-refractivity contribution in [2.75, 3.05) is 18.1 Å². The Morgan fingerprint density at radius 3 is 3.16 bits per heavy atom. The average molecular weight is 278 g/mol. The largest absolute Gasteiger partial charge is 0.360 e. The zero-order valence-electron chi connectivity index (χ0n) is 10.4. The minimum Gasteiger partial charge on any atom is -0.360 e. The van der Waals surface area contributed by atoms with Gasteiger partial charge in [0.2, 0.25) is 0 Å². The highest BCUT2D eigenvalue weighted by Crippen LogP contribution is 2.19. The van der Waals surface area contributed by atoms with Crippen molar-refractivity contribution in [3.8, 4) is 0 Å². The molecule has 0 fully saturated rings. The molecule has 1 amide bonds. The summed E-state index contributed by atoms with van der Waals surface area (Å²) in [6.07, 6.45) is 3.44. The van der Waals surface area contributed by atoms with E-state index < -0.39 is 0 Å². The molecule has 1 aromatic carbocycles. The Morgan fingerprint density at radius 1 is 1.53 bits per heavy atom. The number of amides is 1. The maximum absolute atomic E-state index is 13.0. The number of H-pyrrole nitrogens is 1. The third-order valence-corrected chi connectivity index (χ3v) is 3.62. The fourth-order valence-corrected chi connectivity index (χ4v) is 2.36. The van der Waals surface area contributed by atoms with Crippen LogP contribution >= 0.6 is 11.8 Å². The molecule has 0 saturated heterocycles. The highest BCUT2D eigenvalue weighted by Gasteiger charge is 2.11. The second-order valence-corrected chi connectivity index (χ2v) is 5.16. The lowest BCUT2D eigenvalue weighted by Gasteiger charge is -2.03. The molecule has 1 aromatic heterocycles. The van der Waals surface area contributed by atoms with E-state index in [1.807, 2.05) is 6.08 Å². The monoisotopic (exact) mass is 278 g/mol. The van der Waals surface area contributed by atoms with Gasteiger partial charge in [-0.05, 0) is 18.2 Å². The number of aromatic nitrogens is 1. The normalized spacial score (nSPS) is 10.6. The van der Waals surface area contributed by atoms with E-state index >= 15 is 0 Å². The average Bonchev–Trinajstić information content (AvgIpc) is 2.81. The first-order valence-electron chi connectivity index (χ1n) is 5.96. The third-order valence-electron chi connectivity index (χ3n) is 2.66. The second-order valence-electron chi connectivity index (χ2n) is 4.01. The van der Waals surface area contributed by atoms with Gasteiger partial charge in [0.1, 0.15) is 5.82 Å². The van der Waals surface area contributed by atoms with E-state index in [9.17, 15) is 9.18 Å². The van der Waals surface area contributed by atoms with E-state index in [2.05, 4.69) is 16.9 Å². The molecule has 2 N–H and O–H groups in total. The van der Waals surface area contributed by atoms with Gasteiger partial charge in [-0.1, -0.05) is 6.08 Å². The van der Waals surface area contributed by atoms with E-state index in [0.717, 1.165) is 16.9 Å². The van der Waals surface area contributed by atoms with Gasteiger partial charge in [-0.3, -0.25) is 4.79 Å². The van der Waals surface area contributed by atoms with E-state index in [4.69, 9.17) is 0 Å². The molecule has 0 unspecified atom stereocenters. The summed E-state index contributed by atoms with van der Waals surface area (Å²) < 4.78 is 13.0. The van der Waals surface area contributed by atoms with Crippen molar-refractivity contribution in [2.24, 2.45) is 0 Å². The fourth-order valence-electron chi connectivity index (χ4n) is 1.78. The zero-order valence-corrected chi connectivity index (χ0v) is 11.2. The standard InChI is InChI=1S/C14H15FN2OS/c1-2-6-19-7-5-16-14(18)12-9-17-13-8-10(15)3-4-11(12)13/h2-4,8-9,17H,1,5-7H2,(H,16,18). The van der Waals surface area contributed by atoms with Crippen LogP contribution in [0.1, 0.15) is 10.4 Å². The number of halogens is 1. The molecule has 0 spiro atoms. The van der Waals surface area contributed by atoms with Gasteiger partial charge in [0.05, 0.1) is 5.56 Å². The van der Waals surface area contributed by atoms with Crippen molar-refractivity contribution >= 4 is 28.6 Å². The molecule has 19 heavy (non-hydrogen) atoms. The number of rotatable bonds is 6. The molecule has 5 heteroatoms. The van der Waals surface area contributed by atoms with Gasteiger partial charge in [-0.2, -0.15) is 11.8 Å². The van der Waals surface area contributed by atoms with Crippen LogP contribution in [-0.2, 0) is 0 Å². The van der Waals surface area contributed by atoms with E-state index in [1.54, 1.807) is 24.0 Å². The Labute approximate surface area is 115 Å². The number of thioether (sulfide) groups is 1. The first kappa shape index (κ1) is 13.7. The van der Waals surface area contributed by atoms with Crippen LogP contribution in [0.5, 0.6) is 0 Å². The molecule has 0 radical (unpaired) electrons. The first-order chi connectivity index (χ1) is 9.22. The van der Waals surface area contributed by atoms with Crippen LogP contribution < -0.4 is 5.32 Å². The lowest BCUT2D eigenvalue weighted by atomic mass is 10.1. The Balaban J connectivity index is 1.99. The van der Waals surface area contributed by atoms with Crippen LogP contribution in [-0.4, -0.2) is 28.9 Å². The maximum Gasteiger partial charge on any atom is 0.253 e. The highest BCUT2D eigenvalue weighted by atomic mass is 32.2. The lowest BCUT2D eigenvalue weighted by molar-refractivity contribution is 0.0958. The minimum absolute atomic E-state index is 0.142. The van der Waals surface area contributed by atoms with Crippen molar-refractivity contribution in [1.82, 2.24) is 10.3 Å². The summed E-state index contributed by atoms with van der Waals surface area (Å²) in [6, 6.07) is 4.35. The number of hydrogen-bond donors (Lipinski definition) is 2. The van der Waals surface area contributed by atoms with Crippen LogP contribution in [0.3, 0.4) is 0 Å². The third kappa shape index (κ3) is 3.38. The van der Waals surface area contributed by atoms with Crippen LogP contribution in [0.2, 0.25) is 0 Å². The summed E-state index contributed by atoms with van der Waals surface area (Å²) in [5, 5.41) is 3.58.